The second-order valence-electron chi connectivity index (χ2n) is 4.21. The minimum atomic E-state index is 0.551. The lowest BCUT2D eigenvalue weighted by atomic mass is 10.2. The SMILES string of the molecule is COCCCNc1nncc(NCC(C)C)n1. The highest BCUT2D eigenvalue weighted by molar-refractivity contribution is 5.36. The van der Waals surface area contributed by atoms with Crippen molar-refractivity contribution in [1.29, 1.82) is 0 Å². The average molecular weight is 239 g/mol. The van der Waals surface area contributed by atoms with Crippen LogP contribution < -0.4 is 10.6 Å². The molecule has 2 N–H and O–H groups in total. The van der Waals surface area contributed by atoms with E-state index in [1.807, 2.05) is 0 Å². The summed E-state index contributed by atoms with van der Waals surface area (Å²) in [6.45, 7) is 6.67. The highest BCUT2D eigenvalue weighted by Gasteiger charge is 2.00. The number of ether oxygens (including phenoxy) is 1. The first-order valence-corrected chi connectivity index (χ1v) is 5.88. The zero-order valence-corrected chi connectivity index (χ0v) is 10.7. The number of rotatable bonds is 8. The molecule has 0 spiro atoms. The first kappa shape index (κ1) is 13.6. The quantitative estimate of drug-likeness (QED) is 0.668. The minimum absolute atomic E-state index is 0.551. The van der Waals surface area contributed by atoms with E-state index >= 15 is 0 Å². The van der Waals surface area contributed by atoms with Gasteiger partial charge in [-0.05, 0) is 12.3 Å². The van der Waals surface area contributed by atoms with Crippen LogP contribution in [0.25, 0.3) is 0 Å². The Morgan fingerprint density at radius 2 is 2.18 bits per heavy atom. The van der Waals surface area contributed by atoms with Crippen molar-refractivity contribution in [1.82, 2.24) is 15.2 Å². The molecule has 0 aliphatic carbocycles. The van der Waals surface area contributed by atoms with Crippen molar-refractivity contribution < 1.29 is 4.74 Å². The first-order chi connectivity index (χ1) is 8.22. The van der Waals surface area contributed by atoms with Gasteiger partial charge in [0.25, 0.3) is 0 Å². The Morgan fingerprint density at radius 1 is 1.35 bits per heavy atom. The summed E-state index contributed by atoms with van der Waals surface area (Å²) in [5.41, 5.74) is 0. The molecule has 0 aliphatic heterocycles. The summed E-state index contributed by atoms with van der Waals surface area (Å²) in [5.74, 6) is 1.88. The molecule has 0 radical (unpaired) electrons. The van der Waals surface area contributed by atoms with Crippen LogP contribution in [0, 0.1) is 5.92 Å². The van der Waals surface area contributed by atoms with Crippen molar-refractivity contribution in [2.24, 2.45) is 5.92 Å². The van der Waals surface area contributed by atoms with E-state index < -0.39 is 0 Å². The van der Waals surface area contributed by atoms with E-state index in [-0.39, 0.29) is 0 Å². The highest BCUT2D eigenvalue weighted by Crippen LogP contribution is 2.04. The Morgan fingerprint density at radius 3 is 2.88 bits per heavy atom. The lowest BCUT2D eigenvalue weighted by Crippen LogP contribution is -2.12. The standard InChI is InChI=1S/C11H21N5O/c1-9(2)7-13-10-8-14-16-11(15-10)12-5-4-6-17-3/h8-9H,4-7H2,1-3H3,(H2,12,13,15,16). The molecule has 0 bridgehead atoms. The van der Waals surface area contributed by atoms with Crippen molar-refractivity contribution in [3.05, 3.63) is 6.20 Å². The van der Waals surface area contributed by atoms with Crippen LogP contribution in [0.3, 0.4) is 0 Å². The summed E-state index contributed by atoms with van der Waals surface area (Å²) in [4.78, 5) is 4.31. The van der Waals surface area contributed by atoms with Crippen molar-refractivity contribution in [2.45, 2.75) is 20.3 Å². The number of methoxy groups -OCH3 is 1. The molecule has 17 heavy (non-hydrogen) atoms. The summed E-state index contributed by atoms with van der Waals surface area (Å²) in [6, 6.07) is 0. The molecule has 0 amide bonds. The van der Waals surface area contributed by atoms with Gasteiger partial charge in [0, 0.05) is 26.8 Å². The first-order valence-electron chi connectivity index (χ1n) is 5.88. The fourth-order valence-corrected chi connectivity index (χ4v) is 1.19. The second-order valence-corrected chi connectivity index (χ2v) is 4.21. The third-order valence-electron chi connectivity index (χ3n) is 2.06. The van der Waals surface area contributed by atoms with Crippen LogP contribution >= 0.6 is 0 Å². The van der Waals surface area contributed by atoms with E-state index in [1.165, 1.54) is 0 Å². The van der Waals surface area contributed by atoms with Crippen molar-refractivity contribution in [3.8, 4) is 0 Å². The number of nitrogens with zero attached hydrogens (tertiary/aromatic N) is 3. The maximum absolute atomic E-state index is 4.96. The van der Waals surface area contributed by atoms with E-state index in [0.29, 0.717) is 11.9 Å². The Bertz CT molecular complexity index is 318. The molecule has 0 aromatic carbocycles. The van der Waals surface area contributed by atoms with Gasteiger partial charge in [-0.15, -0.1) is 5.10 Å². The molecule has 0 atom stereocenters. The average Bonchev–Trinajstić information content (AvgIpc) is 2.33. The summed E-state index contributed by atoms with van der Waals surface area (Å²) in [5, 5.41) is 14.1. The van der Waals surface area contributed by atoms with Crippen LogP contribution in [0.2, 0.25) is 0 Å². The maximum Gasteiger partial charge on any atom is 0.244 e. The predicted octanol–water partition coefficient (Wildman–Crippen LogP) is 1.39. The molecule has 0 aliphatic rings. The number of hydrogen-bond acceptors (Lipinski definition) is 6. The van der Waals surface area contributed by atoms with E-state index in [4.69, 9.17) is 4.74 Å². The summed E-state index contributed by atoms with van der Waals surface area (Å²) < 4.78 is 4.96. The normalized spacial score (nSPS) is 10.6. The molecule has 0 fully saturated rings. The zero-order chi connectivity index (χ0) is 12.5. The van der Waals surface area contributed by atoms with Gasteiger partial charge in [-0.3, -0.25) is 0 Å². The Kier molecular flexibility index (Phi) is 6.24. The molecular formula is C11H21N5O. The van der Waals surface area contributed by atoms with Crippen LogP contribution in [0.15, 0.2) is 6.20 Å². The minimum Gasteiger partial charge on any atom is -0.385 e. The molecule has 1 heterocycles. The Labute approximate surface area is 102 Å². The summed E-state index contributed by atoms with van der Waals surface area (Å²) in [7, 11) is 1.69. The molecule has 1 aromatic rings. The van der Waals surface area contributed by atoms with Gasteiger partial charge in [0.1, 0.15) is 0 Å². The molecule has 6 nitrogen and oxygen atoms in total. The van der Waals surface area contributed by atoms with E-state index in [0.717, 1.165) is 31.9 Å². The molecule has 1 rings (SSSR count). The van der Waals surface area contributed by atoms with Crippen molar-refractivity contribution in [3.63, 3.8) is 0 Å². The van der Waals surface area contributed by atoms with Crippen LogP contribution in [-0.2, 0) is 4.74 Å². The molecule has 0 saturated carbocycles. The van der Waals surface area contributed by atoms with Crippen LogP contribution in [0.4, 0.5) is 11.8 Å². The summed E-state index contributed by atoms with van der Waals surface area (Å²) >= 11 is 0. The van der Waals surface area contributed by atoms with E-state index in [2.05, 4.69) is 39.7 Å². The monoisotopic (exact) mass is 239 g/mol. The largest absolute Gasteiger partial charge is 0.385 e. The third-order valence-corrected chi connectivity index (χ3v) is 2.06. The maximum atomic E-state index is 4.96. The molecule has 1 aromatic heterocycles. The van der Waals surface area contributed by atoms with Crippen molar-refractivity contribution in [2.75, 3.05) is 37.4 Å². The molecule has 0 saturated heterocycles. The number of nitrogens with one attached hydrogen (secondary N) is 2. The van der Waals surface area contributed by atoms with Gasteiger partial charge in [0.05, 0.1) is 6.20 Å². The number of hydrogen-bond donors (Lipinski definition) is 2. The fourth-order valence-electron chi connectivity index (χ4n) is 1.19. The second kappa shape index (κ2) is 7.78. The van der Waals surface area contributed by atoms with Gasteiger partial charge in [-0.1, -0.05) is 13.8 Å². The molecule has 96 valence electrons. The molecule has 6 heteroatoms. The van der Waals surface area contributed by atoms with Gasteiger partial charge in [0.2, 0.25) is 5.95 Å². The van der Waals surface area contributed by atoms with Gasteiger partial charge >= 0.3 is 0 Å². The lowest BCUT2D eigenvalue weighted by Gasteiger charge is -2.08. The smallest absolute Gasteiger partial charge is 0.244 e. The molecular weight excluding hydrogens is 218 g/mol. The third kappa shape index (κ3) is 6.01. The Balaban J connectivity index is 2.37. The van der Waals surface area contributed by atoms with Crippen LogP contribution in [-0.4, -0.2) is 42.0 Å². The number of anilines is 2. The lowest BCUT2D eigenvalue weighted by molar-refractivity contribution is 0.197. The van der Waals surface area contributed by atoms with Gasteiger partial charge in [-0.2, -0.15) is 10.1 Å². The highest BCUT2D eigenvalue weighted by atomic mass is 16.5. The predicted molar refractivity (Wildman–Crippen MR) is 68.1 cm³/mol. The topological polar surface area (TPSA) is 72.0 Å². The zero-order valence-electron chi connectivity index (χ0n) is 10.7. The van der Waals surface area contributed by atoms with E-state index in [9.17, 15) is 0 Å². The fraction of sp³-hybridized carbons (Fsp3) is 0.727. The Hall–Kier alpha value is -1.43. The van der Waals surface area contributed by atoms with Crippen LogP contribution in [0.5, 0.6) is 0 Å². The van der Waals surface area contributed by atoms with Gasteiger partial charge in [-0.25, -0.2) is 0 Å². The van der Waals surface area contributed by atoms with E-state index in [1.54, 1.807) is 13.3 Å². The summed E-state index contributed by atoms with van der Waals surface area (Å²) in [6.07, 6.45) is 2.55. The van der Waals surface area contributed by atoms with Crippen LogP contribution in [0.1, 0.15) is 20.3 Å². The molecule has 0 unspecified atom stereocenters. The van der Waals surface area contributed by atoms with Gasteiger partial charge in [0.15, 0.2) is 5.82 Å². The number of aromatic nitrogens is 3. The van der Waals surface area contributed by atoms with Gasteiger partial charge < -0.3 is 15.4 Å². The van der Waals surface area contributed by atoms with Crippen molar-refractivity contribution >= 4 is 11.8 Å².